The summed E-state index contributed by atoms with van der Waals surface area (Å²) >= 11 is 0. The van der Waals surface area contributed by atoms with E-state index < -0.39 is 9.84 Å². The maximum absolute atomic E-state index is 11.3. The Morgan fingerprint density at radius 3 is 2.76 bits per heavy atom. The Hall–Kier alpha value is -0.880. The summed E-state index contributed by atoms with van der Waals surface area (Å²) in [6.45, 7) is 2.66. The molecule has 2 rings (SSSR count). The number of nitrogens with two attached hydrogens (primary N) is 1. The molecule has 1 aliphatic heterocycles. The molecule has 0 aliphatic carbocycles. The molecule has 1 aromatic rings. The third-order valence-electron chi connectivity index (χ3n) is 3.44. The summed E-state index contributed by atoms with van der Waals surface area (Å²) in [6, 6.07) is 0.220. The van der Waals surface area contributed by atoms with Gasteiger partial charge in [0.1, 0.15) is 9.84 Å². The summed E-state index contributed by atoms with van der Waals surface area (Å²) in [5.41, 5.74) is 6.74. The first-order valence-electron chi connectivity index (χ1n) is 5.96. The zero-order valence-corrected chi connectivity index (χ0v) is 10.9. The Labute approximate surface area is 102 Å². The molecular formula is C11H19N3O2S. The highest BCUT2D eigenvalue weighted by Gasteiger charge is 2.25. The number of hydrogen-bond acceptors (Lipinski definition) is 4. The average molecular weight is 257 g/mol. The number of sulfone groups is 1. The van der Waals surface area contributed by atoms with E-state index in [0.29, 0.717) is 25.3 Å². The van der Waals surface area contributed by atoms with Gasteiger partial charge < -0.3 is 5.73 Å². The second-order valence-corrected chi connectivity index (χ2v) is 7.08. The van der Waals surface area contributed by atoms with Crippen molar-refractivity contribution in [1.82, 2.24) is 9.78 Å². The zero-order valence-electron chi connectivity index (χ0n) is 10.0. The van der Waals surface area contributed by atoms with Crippen molar-refractivity contribution in [3.63, 3.8) is 0 Å². The number of hydrogen-bond donors (Lipinski definition) is 1. The lowest BCUT2D eigenvalue weighted by Gasteiger charge is -2.22. The van der Waals surface area contributed by atoms with Crippen LogP contribution in [0, 0.1) is 0 Å². The Morgan fingerprint density at radius 1 is 1.53 bits per heavy atom. The Kier molecular flexibility index (Phi) is 3.53. The van der Waals surface area contributed by atoms with Gasteiger partial charge in [-0.25, -0.2) is 8.42 Å². The molecule has 17 heavy (non-hydrogen) atoms. The van der Waals surface area contributed by atoms with E-state index in [-0.39, 0.29) is 17.5 Å². The van der Waals surface area contributed by atoms with Crippen molar-refractivity contribution < 1.29 is 8.42 Å². The zero-order chi connectivity index (χ0) is 12.5. The molecule has 5 nitrogen and oxygen atoms in total. The van der Waals surface area contributed by atoms with Crippen LogP contribution in [0.3, 0.4) is 0 Å². The van der Waals surface area contributed by atoms with Crippen LogP contribution in [-0.2, 0) is 9.84 Å². The van der Waals surface area contributed by atoms with Crippen LogP contribution < -0.4 is 5.73 Å². The minimum absolute atomic E-state index is 0.220. The van der Waals surface area contributed by atoms with Crippen LogP contribution >= 0.6 is 0 Å². The minimum Gasteiger partial charge on any atom is -0.330 e. The molecule has 1 aromatic heterocycles. The predicted molar refractivity (Wildman–Crippen MR) is 66.6 cm³/mol. The smallest absolute Gasteiger partial charge is 0.150 e. The molecule has 6 heteroatoms. The van der Waals surface area contributed by atoms with Crippen molar-refractivity contribution in [2.24, 2.45) is 5.73 Å². The maximum atomic E-state index is 11.3. The van der Waals surface area contributed by atoms with E-state index in [1.54, 1.807) is 0 Å². The van der Waals surface area contributed by atoms with Crippen LogP contribution in [0.5, 0.6) is 0 Å². The van der Waals surface area contributed by atoms with Crippen molar-refractivity contribution in [3.8, 4) is 0 Å². The normalized spacial score (nSPS) is 22.5. The van der Waals surface area contributed by atoms with E-state index >= 15 is 0 Å². The maximum Gasteiger partial charge on any atom is 0.150 e. The van der Waals surface area contributed by atoms with Crippen molar-refractivity contribution in [2.75, 3.05) is 18.1 Å². The molecular weight excluding hydrogens is 238 g/mol. The van der Waals surface area contributed by atoms with Crippen LogP contribution in [0.4, 0.5) is 0 Å². The summed E-state index contributed by atoms with van der Waals surface area (Å²) < 4.78 is 24.6. The molecule has 1 fully saturated rings. The molecule has 1 aliphatic rings. The molecule has 0 saturated carbocycles. The van der Waals surface area contributed by atoms with Gasteiger partial charge in [0.25, 0.3) is 0 Å². The molecule has 0 amide bonds. The minimum atomic E-state index is -2.80. The standard InChI is InChI=1S/C11H19N3O2S/c1-9(6-12)10-7-13-14(8-10)11-2-4-17(15,16)5-3-11/h7-9,11H,2-6,12H2,1H3. The van der Waals surface area contributed by atoms with E-state index in [0.717, 1.165) is 5.56 Å². The van der Waals surface area contributed by atoms with Crippen molar-refractivity contribution in [1.29, 1.82) is 0 Å². The first-order valence-corrected chi connectivity index (χ1v) is 7.78. The van der Waals surface area contributed by atoms with Crippen molar-refractivity contribution in [3.05, 3.63) is 18.0 Å². The fourth-order valence-electron chi connectivity index (χ4n) is 2.09. The SMILES string of the molecule is CC(CN)c1cnn(C2CCS(=O)(=O)CC2)c1. The van der Waals surface area contributed by atoms with Crippen molar-refractivity contribution >= 4 is 9.84 Å². The summed E-state index contributed by atoms with van der Waals surface area (Å²) in [7, 11) is -2.80. The number of aromatic nitrogens is 2. The van der Waals surface area contributed by atoms with Crippen LogP contribution in [0.2, 0.25) is 0 Å². The van der Waals surface area contributed by atoms with Gasteiger partial charge in [0.15, 0.2) is 0 Å². The summed E-state index contributed by atoms with van der Waals surface area (Å²) in [5, 5.41) is 4.32. The highest BCUT2D eigenvalue weighted by molar-refractivity contribution is 7.91. The van der Waals surface area contributed by atoms with Crippen LogP contribution in [0.15, 0.2) is 12.4 Å². The first kappa shape index (κ1) is 12.6. The van der Waals surface area contributed by atoms with Crippen LogP contribution in [0.25, 0.3) is 0 Å². The van der Waals surface area contributed by atoms with E-state index in [4.69, 9.17) is 5.73 Å². The van der Waals surface area contributed by atoms with E-state index in [9.17, 15) is 8.42 Å². The van der Waals surface area contributed by atoms with Gasteiger partial charge in [-0.2, -0.15) is 5.10 Å². The fourth-order valence-corrected chi connectivity index (χ4v) is 3.55. The quantitative estimate of drug-likeness (QED) is 0.864. The van der Waals surface area contributed by atoms with Gasteiger partial charge in [-0.3, -0.25) is 4.68 Å². The Bertz CT molecular complexity index is 467. The number of rotatable bonds is 3. The lowest BCUT2D eigenvalue weighted by atomic mass is 10.1. The molecule has 1 unspecified atom stereocenters. The van der Waals surface area contributed by atoms with Crippen LogP contribution in [-0.4, -0.2) is 36.2 Å². The largest absolute Gasteiger partial charge is 0.330 e. The third kappa shape index (κ3) is 2.87. The van der Waals surface area contributed by atoms with Crippen molar-refractivity contribution in [2.45, 2.75) is 31.7 Å². The molecule has 2 heterocycles. The van der Waals surface area contributed by atoms with Gasteiger partial charge >= 0.3 is 0 Å². The molecule has 1 atom stereocenters. The Balaban J connectivity index is 2.06. The fraction of sp³-hybridized carbons (Fsp3) is 0.727. The van der Waals surface area contributed by atoms with Gasteiger partial charge in [0.05, 0.1) is 23.7 Å². The highest BCUT2D eigenvalue weighted by atomic mass is 32.2. The summed E-state index contributed by atoms with van der Waals surface area (Å²) in [5.74, 6) is 0.856. The third-order valence-corrected chi connectivity index (χ3v) is 5.16. The van der Waals surface area contributed by atoms with Gasteiger partial charge in [0.2, 0.25) is 0 Å². The number of nitrogens with zero attached hydrogens (tertiary/aromatic N) is 2. The molecule has 2 N–H and O–H groups in total. The monoisotopic (exact) mass is 257 g/mol. The highest BCUT2D eigenvalue weighted by Crippen LogP contribution is 2.24. The summed E-state index contributed by atoms with van der Waals surface area (Å²) in [6.07, 6.45) is 5.17. The lowest BCUT2D eigenvalue weighted by Crippen LogP contribution is -2.25. The predicted octanol–water partition coefficient (Wildman–Crippen LogP) is 0.695. The molecule has 0 aromatic carbocycles. The molecule has 0 bridgehead atoms. The van der Waals surface area contributed by atoms with E-state index in [1.165, 1.54) is 0 Å². The summed E-state index contributed by atoms with van der Waals surface area (Å²) in [4.78, 5) is 0. The molecule has 1 saturated heterocycles. The second-order valence-electron chi connectivity index (χ2n) is 4.77. The molecule has 96 valence electrons. The van der Waals surface area contributed by atoms with Gasteiger partial charge in [-0.1, -0.05) is 6.92 Å². The van der Waals surface area contributed by atoms with Gasteiger partial charge in [0, 0.05) is 6.20 Å². The first-order chi connectivity index (χ1) is 8.02. The topological polar surface area (TPSA) is 78.0 Å². The van der Waals surface area contributed by atoms with Gasteiger partial charge in [-0.15, -0.1) is 0 Å². The van der Waals surface area contributed by atoms with E-state index in [1.807, 2.05) is 17.1 Å². The van der Waals surface area contributed by atoms with E-state index in [2.05, 4.69) is 12.0 Å². The second kappa shape index (κ2) is 4.78. The molecule has 0 radical (unpaired) electrons. The lowest BCUT2D eigenvalue weighted by molar-refractivity contribution is 0.413. The molecule has 0 spiro atoms. The Morgan fingerprint density at radius 2 is 2.18 bits per heavy atom. The van der Waals surface area contributed by atoms with Crippen LogP contribution in [0.1, 0.15) is 37.3 Å². The average Bonchev–Trinajstić information content (AvgIpc) is 2.77. The van der Waals surface area contributed by atoms with Gasteiger partial charge in [-0.05, 0) is 30.9 Å².